The van der Waals surface area contributed by atoms with Gasteiger partial charge in [0, 0.05) is 12.1 Å². The Bertz CT molecular complexity index is 1180. The number of aromatic nitrogens is 5. The van der Waals surface area contributed by atoms with Gasteiger partial charge in [0.05, 0.1) is 24.8 Å². The van der Waals surface area contributed by atoms with Crippen molar-refractivity contribution in [3.8, 4) is 11.4 Å². The fraction of sp³-hybridized carbons (Fsp3) is 0.174. The van der Waals surface area contributed by atoms with E-state index in [0.717, 1.165) is 34.1 Å². The van der Waals surface area contributed by atoms with Crippen LogP contribution >= 0.6 is 0 Å². The first-order valence-electron chi connectivity index (χ1n) is 9.58. The summed E-state index contributed by atoms with van der Waals surface area (Å²) >= 11 is 0. The molecule has 2 aromatic carbocycles. The highest BCUT2D eigenvalue weighted by molar-refractivity contribution is 5.69. The van der Waals surface area contributed by atoms with E-state index in [9.17, 15) is 4.39 Å². The summed E-state index contributed by atoms with van der Waals surface area (Å²) in [4.78, 5) is 8.81. The van der Waals surface area contributed by atoms with Gasteiger partial charge in [0.2, 0.25) is 0 Å². The number of imidazole rings is 1. The minimum Gasteiger partial charge on any atom is -0.495 e. The molecule has 0 unspecified atom stereocenters. The van der Waals surface area contributed by atoms with Gasteiger partial charge < -0.3 is 9.30 Å². The molecule has 4 rings (SSSR count). The van der Waals surface area contributed by atoms with Crippen molar-refractivity contribution in [2.75, 3.05) is 7.11 Å². The van der Waals surface area contributed by atoms with E-state index >= 15 is 0 Å². The Balaban J connectivity index is 1.52. The number of rotatable bonds is 6. The summed E-state index contributed by atoms with van der Waals surface area (Å²) in [6.45, 7) is 3.95. The zero-order valence-electron chi connectivity index (χ0n) is 17.0. The third-order valence-corrected chi connectivity index (χ3v) is 4.92. The van der Waals surface area contributed by atoms with Crippen molar-refractivity contribution in [1.82, 2.24) is 24.7 Å². The van der Waals surface area contributed by atoms with E-state index in [4.69, 9.17) is 4.74 Å². The van der Waals surface area contributed by atoms with Crippen molar-refractivity contribution < 1.29 is 9.13 Å². The molecule has 0 bridgehead atoms. The molecule has 6 nitrogen and oxygen atoms in total. The maximum Gasteiger partial charge on any atom is 0.173 e. The molecule has 1 N–H and O–H groups in total. The van der Waals surface area contributed by atoms with E-state index in [-0.39, 0.29) is 11.7 Å². The first-order chi connectivity index (χ1) is 14.5. The van der Waals surface area contributed by atoms with Crippen LogP contribution in [0.2, 0.25) is 0 Å². The Hall–Kier alpha value is -3.74. The molecule has 7 heteroatoms. The highest BCUT2D eigenvalue weighted by Crippen LogP contribution is 2.26. The van der Waals surface area contributed by atoms with Crippen LogP contribution in [0.4, 0.5) is 4.39 Å². The average molecular weight is 403 g/mol. The van der Waals surface area contributed by atoms with E-state index < -0.39 is 0 Å². The number of hydrogen-bond donors (Lipinski definition) is 1. The summed E-state index contributed by atoms with van der Waals surface area (Å²) in [6, 6.07) is 12.4. The van der Waals surface area contributed by atoms with E-state index in [0.29, 0.717) is 5.82 Å². The minimum atomic E-state index is -0.253. The summed E-state index contributed by atoms with van der Waals surface area (Å²) in [7, 11) is 1.65. The van der Waals surface area contributed by atoms with Crippen molar-refractivity contribution in [2.24, 2.45) is 0 Å². The smallest absolute Gasteiger partial charge is 0.173 e. The van der Waals surface area contributed by atoms with Crippen LogP contribution in [-0.4, -0.2) is 31.8 Å². The van der Waals surface area contributed by atoms with Crippen molar-refractivity contribution in [1.29, 1.82) is 0 Å². The number of aromatic amines is 1. The maximum atomic E-state index is 13.1. The molecule has 2 heterocycles. The number of H-pyrrole nitrogens is 1. The zero-order chi connectivity index (χ0) is 21.1. The van der Waals surface area contributed by atoms with Crippen LogP contribution in [0.3, 0.4) is 0 Å². The lowest BCUT2D eigenvalue weighted by atomic mass is 10.0. The molecule has 0 aliphatic rings. The standard InChI is InChI=1S/C23H22FN5O/c1-15-13-29(14-25-15)20-10-4-17(12-21(20)30-3)5-11-22-26-23(28-27-22)16(2)18-6-8-19(24)9-7-18/h4-14,16H,1-3H3,(H,26,27,28)/t16-/m1/s1. The molecule has 0 amide bonds. The molecule has 0 radical (unpaired) electrons. The third kappa shape index (κ3) is 4.15. The fourth-order valence-electron chi connectivity index (χ4n) is 3.20. The third-order valence-electron chi connectivity index (χ3n) is 4.92. The molecular formula is C23H22FN5O. The minimum absolute atomic E-state index is 0.0155. The molecule has 2 aromatic heterocycles. The van der Waals surface area contributed by atoms with Gasteiger partial charge in [0.1, 0.15) is 17.4 Å². The van der Waals surface area contributed by atoms with Crippen LogP contribution in [0.5, 0.6) is 5.75 Å². The second-order valence-electron chi connectivity index (χ2n) is 7.04. The predicted octanol–water partition coefficient (Wildman–Crippen LogP) is 4.77. The van der Waals surface area contributed by atoms with E-state index in [1.165, 1.54) is 12.1 Å². The van der Waals surface area contributed by atoms with Gasteiger partial charge >= 0.3 is 0 Å². The lowest BCUT2D eigenvalue weighted by Gasteiger charge is -2.09. The van der Waals surface area contributed by atoms with Gasteiger partial charge in [-0.3, -0.25) is 5.10 Å². The lowest BCUT2D eigenvalue weighted by Crippen LogP contribution is -1.98. The average Bonchev–Trinajstić information content (AvgIpc) is 3.41. The van der Waals surface area contributed by atoms with Gasteiger partial charge in [0.25, 0.3) is 0 Å². The molecule has 0 saturated carbocycles. The SMILES string of the molecule is COc1cc(C=Cc2n[nH]c([C@H](C)c3ccc(F)cc3)n2)ccc1-n1cnc(C)c1. The number of benzene rings is 2. The zero-order valence-corrected chi connectivity index (χ0v) is 17.0. The van der Waals surface area contributed by atoms with Crippen LogP contribution in [0.1, 0.15) is 41.3 Å². The number of nitrogens with zero attached hydrogens (tertiary/aromatic N) is 4. The van der Waals surface area contributed by atoms with Gasteiger partial charge in [-0.2, -0.15) is 5.10 Å². The lowest BCUT2D eigenvalue weighted by molar-refractivity contribution is 0.413. The number of nitrogens with one attached hydrogen (secondary N) is 1. The van der Waals surface area contributed by atoms with Gasteiger partial charge in [-0.1, -0.05) is 31.2 Å². The summed E-state index contributed by atoms with van der Waals surface area (Å²) in [6.07, 6.45) is 7.49. The van der Waals surface area contributed by atoms with Gasteiger partial charge in [-0.15, -0.1) is 0 Å². The highest BCUT2D eigenvalue weighted by Gasteiger charge is 2.13. The van der Waals surface area contributed by atoms with Gasteiger partial charge in [0.15, 0.2) is 5.82 Å². The summed E-state index contributed by atoms with van der Waals surface area (Å²) < 4.78 is 20.6. The van der Waals surface area contributed by atoms with E-state index in [1.54, 1.807) is 25.6 Å². The monoisotopic (exact) mass is 403 g/mol. The number of methoxy groups -OCH3 is 1. The first kappa shape index (κ1) is 19.6. The number of ether oxygens (including phenoxy) is 1. The Morgan fingerprint density at radius 1 is 1.13 bits per heavy atom. The van der Waals surface area contributed by atoms with Crippen LogP contribution in [-0.2, 0) is 0 Å². The summed E-state index contributed by atoms with van der Waals surface area (Å²) in [5.41, 5.74) is 3.79. The number of hydrogen-bond acceptors (Lipinski definition) is 4. The van der Waals surface area contributed by atoms with Crippen LogP contribution in [0.25, 0.3) is 17.8 Å². The highest BCUT2D eigenvalue weighted by atomic mass is 19.1. The van der Waals surface area contributed by atoms with Gasteiger partial charge in [-0.05, 0) is 48.4 Å². The predicted molar refractivity (Wildman–Crippen MR) is 114 cm³/mol. The Labute approximate surface area is 174 Å². The molecule has 0 saturated heterocycles. The maximum absolute atomic E-state index is 13.1. The van der Waals surface area contributed by atoms with Crippen LogP contribution < -0.4 is 4.74 Å². The Kier molecular flexibility index (Phi) is 5.43. The first-order valence-corrected chi connectivity index (χ1v) is 9.58. The molecule has 4 aromatic rings. The van der Waals surface area contributed by atoms with Crippen LogP contribution in [0.15, 0.2) is 55.0 Å². The topological polar surface area (TPSA) is 68.6 Å². The molecular weight excluding hydrogens is 381 g/mol. The molecule has 0 aliphatic heterocycles. The Morgan fingerprint density at radius 2 is 1.93 bits per heavy atom. The normalized spacial score (nSPS) is 12.4. The van der Waals surface area contributed by atoms with Crippen molar-refractivity contribution in [3.63, 3.8) is 0 Å². The summed E-state index contributed by atoms with van der Waals surface area (Å²) in [5.74, 6) is 1.78. The molecule has 0 spiro atoms. The van der Waals surface area contributed by atoms with Gasteiger partial charge in [-0.25, -0.2) is 14.4 Å². The van der Waals surface area contributed by atoms with Crippen molar-refractivity contribution in [2.45, 2.75) is 19.8 Å². The van der Waals surface area contributed by atoms with Crippen molar-refractivity contribution >= 4 is 12.2 Å². The number of halogens is 1. The number of aryl methyl sites for hydroxylation is 1. The second kappa shape index (κ2) is 8.32. The molecule has 30 heavy (non-hydrogen) atoms. The fourth-order valence-corrected chi connectivity index (χ4v) is 3.20. The molecule has 152 valence electrons. The Morgan fingerprint density at radius 3 is 2.63 bits per heavy atom. The quantitative estimate of drug-likeness (QED) is 0.504. The second-order valence-corrected chi connectivity index (χ2v) is 7.04. The molecule has 0 fully saturated rings. The summed E-state index contributed by atoms with van der Waals surface area (Å²) in [5, 5.41) is 7.23. The molecule has 0 aliphatic carbocycles. The molecule has 1 atom stereocenters. The largest absolute Gasteiger partial charge is 0.495 e. The van der Waals surface area contributed by atoms with E-state index in [2.05, 4.69) is 20.2 Å². The van der Waals surface area contributed by atoms with E-state index in [1.807, 2.05) is 55.0 Å². The van der Waals surface area contributed by atoms with Crippen LogP contribution in [0, 0.1) is 12.7 Å². The van der Waals surface area contributed by atoms with Crippen molar-refractivity contribution in [3.05, 3.63) is 89.3 Å².